The monoisotopic (exact) mass is 487 g/mol. The van der Waals surface area contributed by atoms with Crippen LogP contribution in [0.25, 0.3) is 0 Å². The van der Waals surface area contributed by atoms with Gasteiger partial charge in [0.2, 0.25) is 10.0 Å². The molecule has 0 atom stereocenters. The summed E-state index contributed by atoms with van der Waals surface area (Å²) in [6.07, 6.45) is 0. The van der Waals surface area contributed by atoms with Gasteiger partial charge in [0.25, 0.3) is 15.9 Å². The number of anilines is 2. The van der Waals surface area contributed by atoms with E-state index >= 15 is 0 Å². The highest BCUT2D eigenvalue weighted by Gasteiger charge is 2.20. The number of benzene rings is 3. The standard InChI is InChI=1S/C23H25N3O5S2/c1-14-6-5-7-18(10-14)26-33(30,31)19-9-8-15(2)21(12-19)23(27)25-22-13-20(32(24,28)29)11-16(3)17(22)4/h5-13,26H,1-4H3,(H,25,27)(H2,24,28,29). The summed E-state index contributed by atoms with van der Waals surface area (Å²) in [5, 5.41) is 7.92. The van der Waals surface area contributed by atoms with Crippen molar-refractivity contribution in [3.63, 3.8) is 0 Å². The Morgan fingerprint density at radius 2 is 1.52 bits per heavy atom. The minimum atomic E-state index is -3.97. The summed E-state index contributed by atoms with van der Waals surface area (Å²) >= 11 is 0. The molecule has 4 N–H and O–H groups in total. The number of aryl methyl sites for hydroxylation is 3. The molecule has 3 aromatic rings. The van der Waals surface area contributed by atoms with Crippen molar-refractivity contribution < 1.29 is 21.6 Å². The van der Waals surface area contributed by atoms with E-state index in [1.165, 1.54) is 24.3 Å². The SMILES string of the molecule is Cc1cccc(NS(=O)(=O)c2ccc(C)c(C(=O)Nc3cc(S(N)(=O)=O)cc(C)c3C)c2)c1. The maximum absolute atomic E-state index is 13.0. The van der Waals surface area contributed by atoms with E-state index in [1.54, 1.807) is 45.0 Å². The normalized spacial score (nSPS) is 11.8. The molecule has 0 aliphatic carbocycles. The van der Waals surface area contributed by atoms with Crippen LogP contribution < -0.4 is 15.2 Å². The smallest absolute Gasteiger partial charge is 0.261 e. The van der Waals surface area contributed by atoms with E-state index in [4.69, 9.17) is 5.14 Å². The molecule has 0 radical (unpaired) electrons. The summed E-state index contributed by atoms with van der Waals surface area (Å²) in [5.41, 5.74) is 3.57. The fourth-order valence-electron chi connectivity index (χ4n) is 3.25. The lowest BCUT2D eigenvalue weighted by Crippen LogP contribution is -2.18. The fraction of sp³-hybridized carbons (Fsp3) is 0.174. The van der Waals surface area contributed by atoms with Gasteiger partial charge in [0.15, 0.2) is 0 Å². The molecule has 0 aliphatic rings. The van der Waals surface area contributed by atoms with Gasteiger partial charge in [-0.3, -0.25) is 9.52 Å². The molecule has 10 heteroatoms. The van der Waals surface area contributed by atoms with Gasteiger partial charge in [0.05, 0.1) is 9.79 Å². The Balaban J connectivity index is 1.96. The van der Waals surface area contributed by atoms with Crippen molar-refractivity contribution in [2.75, 3.05) is 10.0 Å². The van der Waals surface area contributed by atoms with Crippen molar-refractivity contribution in [2.24, 2.45) is 5.14 Å². The summed E-state index contributed by atoms with van der Waals surface area (Å²) in [4.78, 5) is 12.8. The highest BCUT2D eigenvalue weighted by atomic mass is 32.2. The number of sulfonamides is 2. The Bertz CT molecular complexity index is 1460. The summed E-state index contributed by atoms with van der Waals surface area (Å²) in [6, 6.07) is 13.9. The lowest BCUT2D eigenvalue weighted by atomic mass is 10.1. The van der Waals surface area contributed by atoms with Gasteiger partial charge in [0.1, 0.15) is 0 Å². The van der Waals surface area contributed by atoms with E-state index in [0.29, 0.717) is 22.4 Å². The van der Waals surface area contributed by atoms with Gasteiger partial charge in [-0.1, -0.05) is 18.2 Å². The van der Waals surface area contributed by atoms with Crippen LogP contribution in [-0.2, 0) is 20.0 Å². The quantitative estimate of drug-likeness (QED) is 0.488. The average Bonchev–Trinajstić information content (AvgIpc) is 2.70. The number of carbonyl (C=O) groups is 1. The number of rotatable bonds is 6. The van der Waals surface area contributed by atoms with E-state index in [0.717, 1.165) is 5.56 Å². The van der Waals surface area contributed by atoms with Gasteiger partial charge < -0.3 is 5.32 Å². The average molecular weight is 488 g/mol. The maximum atomic E-state index is 13.0. The number of hydrogen-bond donors (Lipinski definition) is 3. The Labute approximate surface area is 193 Å². The number of nitrogens with one attached hydrogen (secondary N) is 2. The van der Waals surface area contributed by atoms with Crippen LogP contribution in [0, 0.1) is 27.7 Å². The zero-order valence-electron chi connectivity index (χ0n) is 18.6. The molecule has 0 saturated carbocycles. The first-order valence-corrected chi connectivity index (χ1v) is 13.0. The van der Waals surface area contributed by atoms with Gasteiger partial charge in [-0.2, -0.15) is 0 Å². The topological polar surface area (TPSA) is 135 Å². The second kappa shape index (κ2) is 8.97. The van der Waals surface area contributed by atoms with Gasteiger partial charge in [-0.05, 0) is 86.3 Å². The predicted octanol–water partition coefficient (Wildman–Crippen LogP) is 3.62. The Morgan fingerprint density at radius 1 is 0.818 bits per heavy atom. The van der Waals surface area contributed by atoms with E-state index in [-0.39, 0.29) is 21.0 Å². The molecule has 8 nitrogen and oxygen atoms in total. The highest BCUT2D eigenvalue weighted by molar-refractivity contribution is 7.92. The minimum Gasteiger partial charge on any atom is -0.322 e. The molecule has 0 unspecified atom stereocenters. The molecule has 0 spiro atoms. The lowest BCUT2D eigenvalue weighted by molar-refractivity contribution is 0.102. The third-order valence-electron chi connectivity index (χ3n) is 5.25. The molecule has 3 rings (SSSR count). The maximum Gasteiger partial charge on any atom is 0.261 e. The molecule has 1 amide bonds. The zero-order valence-corrected chi connectivity index (χ0v) is 20.3. The number of nitrogens with two attached hydrogens (primary N) is 1. The Morgan fingerprint density at radius 3 is 2.15 bits per heavy atom. The van der Waals surface area contributed by atoms with Crippen LogP contribution in [0.3, 0.4) is 0 Å². The Hall–Kier alpha value is -3.21. The lowest BCUT2D eigenvalue weighted by Gasteiger charge is -2.15. The molecule has 0 saturated heterocycles. The van der Waals surface area contributed by atoms with E-state index in [9.17, 15) is 21.6 Å². The van der Waals surface area contributed by atoms with Crippen molar-refractivity contribution >= 4 is 37.3 Å². The van der Waals surface area contributed by atoms with Crippen molar-refractivity contribution in [2.45, 2.75) is 37.5 Å². The minimum absolute atomic E-state index is 0.0778. The van der Waals surface area contributed by atoms with E-state index < -0.39 is 26.0 Å². The van der Waals surface area contributed by atoms with Crippen LogP contribution in [0.2, 0.25) is 0 Å². The second-order valence-corrected chi connectivity index (χ2v) is 11.1. The largest absolute Gasteiger partial charge is 0.322 e. The van der Waals surface area contributed by atoms with Crippen molar-refractivity contribution in [1.82, 2.24) is 0 Å². The summed E-state index contributed by atoms with van der Waals surface area (Å²) in [6.45, 7) is 6.96. The zero-order chi connectivity index (χ0) is 24.6. The summed E-state index contributed by atoms with van der Waals surface area (Å²) in [7, 11) is -7.91. The first-order valence-electron chi connectivity index (χ1n) is 9.93. The molecule has 174 valence electrons. The van der Waals surface area contributed by atoms with Crippen LogP contribution >= 0.6 is 0 Å². The number of carbonyl (C=O) groups excluding carboxylic acids is 1. The fourth-order valence-corrected chi connectivity index (χ4v) is 4.94. The molecule has 0 heterocycles. The number of primary sulfonamides is 1. The Kier molecular flexibility index (Phi) is 6.64. The first-order chi connectivity index (χ1) is 15.3. The summed E-state index contributed by atoms with van der Waals surface area (Å²) < 4.78 is 51.8. The predicted molar refractivity (Wildman–Crippen MR) is 128 cm³/mol. The molecule has 0 aromatic heterocycles. The number of amides is 1. The van der Waals surface area contributed by atoms with Gasteiger partial charge >= 0.3 is 0 Å². The molecular formula is C23H25N3O5S2. The van der Waals surface area contributed by atoms with Crippen LogP contribution in [0.4, 0.5) is 11.4 Å². The van der Waals surface area contributed by atoms with Crippen LogP contribution in [0.5, 0.6) is 0 Å². The van der Waals surface area contributed by atoms with E-state index in [1.807, 2.05) is 13.0 Å². The summed E-state index contributed by atoms with van der Waals surface area (Å²) in [5.74, 6) is -0.575. The highest BCUT2D eigenvalue weighted by Crippen LogP contribution is 2.25. The van der Waals surface area contributed by atoms with Gasteiger partial charge in [0, 0.05) is 16.9 Å². The third-order valence-corrected chi connectivity index (χ3v) is 7.52. The molecule has 0 fully saturated rings. The molecule has 0 aliphatic heterocycles. The van der Waals surface area contributed by atoms with Crippen molar-refractivity contribution in [1.29, 1.82) is 0 Å². The van der Waals surface area contributed by atoms with Crippen LogP contribution in [0.1, 0.15) is 32.6 Å². The van der Waals surface area contributed by atoms with Crippen LogP contribution in [0.15, 0.2) is 64.4 Å². The first kappa shape index (κ1) is 24.4. The van der Waals surface area contributed by atoms with Crippen molar-refractivity contribution in [3.05, 3.63) is 82.4 Å². The van der Waals surface area contributed by atoms with Crippen molar-refractivity contribution in [3.8, 4) is 0 Å². The van der Waals surface area contributed by atoms with Gasteiger partial charge in [-0.25, -0.2) is 22.0 Å². The second-order valence-electron chi connectivity index (χ2n) is 7.86. The molecule has 33 heavy (non-hydrogen) atoms. The molecular weight excluding hydrogens is 462 g/mol. The number of hydrogen-bond acceptors (Lipinski definition) is 5. The van der Waals surface area contributed by atoms with Crippen LogP contribution in [-0.4, -0.2) is 22.7 Å². The molecule has 0 bridgehead atoms. The molecule has 3 aromatic carbocycles. The third kappa shape index (κ3) is 5.59. The van der Waals surface area contributed by atoms with E-state index in [2.05, 4.69) is 10.0 Å². The van der Waals surface area contributed by atoms with Gasteiger partial charge in [-0.15, -0.1) is 0 Å².